The first-order chi connectivity index (χ1) is 14.6. The van der Waals surface area contributed by atoms with Crippen LogP contribution < -0.4 is 14.4 Å². The van der Waals surface area contributed by atoms with Gasteiger partial charge in [0.2, 0.25) is 0 Å². The van der Waals surface area contributed by atoms with Crippen molar-refractivity contribution in [2.75, 3.05) is 18.2 Å². The van der Waals surface area contributed by atoms with Gasteiger partial charge in [0.15, 0.2) is 6.73 Å². The number of ether oxygens (including phenoxy) is 2. The summed E-state index contributed by atoms with van der Waals surface area (Å²) in [5, 5.41) is 10.2. The van der Waals surface area contributed by atoms with E-state index in [2.05, 4.69) is 0 Å². The van der Waals surface area contributed by atoms with Gasteiger partial charge in [-0.05, 0) is 66.8 Å². The summed E-state index contributed by atoms with van der Waals surface area (Å²) in [4.78, 5) is 14.6. The molecular weight excluding hydrogens is 378 g/mol. The number of fused-ring (bicyclic) bond motifs is 1. The summed E-state index contributed by atoms with van der Waals surface area (Å²) in [5.74, 6) is 1.19. The minimum absolute atomic E-state index is 0.0895. The fourth-order valence-electron chi connectivity index (χ4n) is 3.83. The Morgan fingerprint density at radius 3 is 2.43 bits per heavy atom. The molecule has 1 saturated carbocycles. The molecule has 30 heavy (non-hydrogen) atoms. The molecule has 0 aromatic heterocycles. The molecule has 0 unspecified atom stereocenters. The molecule has 1 N–H and O–H groups in total. The Hall–Kier alpha value is -3.31. The topological polar surface area (TPSA) is 59.0 Å². The smallest absolute Gasteiger partial charge is 0.264 e. The van der Waals surface area contributed by atoms with Gasteiger partial charge in [0.05, 0.1) is 11.2 Å². The van der Waals surface area contributed by atoms with Crippen molar-refractivity contribution in [2.45, 2.75) is 24.9 Å². The number of amides is 1. The Kier molecular flexibility index (Phi) is 4.68. The third-order valence-electron chi connectivity index (χ3n) is 5.85. The van der Waals surface area contributed by atoms with E-state index in [4.69, 9.17) is 9.47 Å². The molecule has 0 spiro atoms. The highest BCUT2D eigenvalue weighted by Gasteiger charge is 2.35. The molecule has 0 atom stereocenters. The highest BCUT2D eigenvalue weighted by Crippen LogP contribution is 2.34. The molecule has 152 valence electrons. The number of aliphatic hydroxyl groups is 1. The summed E-state index contributed by atoms with van der Waals surface area (Å²) >= 11 is 0. The van der Waals surface area contributed by atoms with Crippen molar-refractivity contribution >= 4 is 11.6 Å². The van der Waals surface area contributed by atoms with E-state index in [1.54, 1.807) is 4.90 Å². The van der Waals surface area contributed by atoms with Crippen LogP contribution >= 0.6 is 0 Å². The van der Waals surface area contributed by atoms with E-state index in [1.807, 2.05) is 72.8 Å². The Bertz CT molecular complexity index is 1060. The van der Waals surface area contributed by atoms with Crippen LogP contribution in [0.4, 0.5) is 5.69 Å². The van der Waals surface area contributed by atoms with Gasteiger partial charge in [-0.3, -0.25) is 9.69 Å². The molecule has 3 aromatic rings. The number of anilines is 1. The lowest BCUT2D eigenvalue weighted by Crippen LogP contribution is -2.42. The molecule has 1 aliphatic heterocycles. The minimum atomic E-state index is -0.683. The molecule has 5 rings (SSSR count). The number of carbonyl (C=O) groups is 1. The lowest BCUT2D eigenvalue weighted by molar-refractivity contribution is -0.0663. The average molecular weight is 401 g/mol. The van der Waals surface area contributed by atoms with Crippen LogP contribution in [0, 0.1) is 0 Å². The van der Waals surface area contributed by atoms with Crippen LogP contribution in [-0.4, -0.2) is 30.0 Å². The summed E-state index contributed by atoms with van der Waals surface area (Å²) in [6.45, 7) is 0.458. The summed E-state index contributed by atoms with van der Waals surface area (Å²) in [7, 11) is 0. The standard InChI is InChI=1S/C25H23NO4/c27-24-22-12-7-19(18-5-2-1-3-6-18)15-23(22)30-17-26(24)20-8-10-21(11-9-20)29-16-25(28)13-4-14-25/h1-3,5-12,15,28H,4,13-14,16-17H2. The quantitative estimate of drug-likeness (QED) is 0.676. The van der Waals surface area contributed by atoms with Crippen molar-refractivity contribution in [3.8, 4) is 22.6 Å². The number of rotatable bonds is 5. The second-order valence-electron chi connectivity index (χ2n) is 7.94. The molecular formula is C25H23NO4. The largest absolute Gasteiger partial charge is 0.491 e. The van der Waals surface area contributed by atoms with Crippen LogP contribution in [0.3, 0.4) is 0 Å². The van der Waals surface area contributed by atoms with Gasteiger partial charge in [-0.25, -0.2) is 0 Å². The highest BCUT2D eigenvalue weighted by atomic mass is 16.5. The normalized spacial score (nSPS) is 17.0. The molecule has 1 aliphatic carbocycles. The molecule has 0 bridgehead atoms. The Labute approximate surface area is 175 Å². The van der Waals surface area contributed by atoms with Crippen LogP contribution in [0.15, 0.2) is 72.8 Å². The van der Waals surface area contributed by atoms with E-state index in [1.165, 1.54) is 0 Å². The first-order valence-corrected chi connectivity index (χ1v) is 10.2. The van der Waals surface area contributed by atoms with Gasteiger partial charge in [0.25, 0.3) is 5.91 Å². The number of carbonyl (C=O) groups excluding carboxylic acids is 1. The van der Waals surface area contributed by atoms with Gasteiger partial charge >= 0.3 is 0 Å². The second-order valence-corrected chi connectivity index (χ2v) is 7.94. The van der Waals surface area contributed by atoms with E-state index in [-0.39, 0.29) is 12.6 Å². The average Bonchev–Trinajstić information content (AvgIpc) is 2.77. The molecule has 0 saturated heterocycles. The first kappa shape index (κ1) is 18.7. The van der Waals surface area contributed by atoms with E-state index in [9.17, 15) is 9.90 Å². The van der Waals surface area contributed by atoms with Crippen LogP contribution in [0.2, 0.25) is 0 Å². The van der Waals surface area contributed by atoms with Gasteiger partial charge in [-0.1, -0.05) is 36.4 Å². The van der Waals surface area contributed by atoms with Gasteiger partial charge in [0, 0.05) is 5.69 Å². The van der Waals surface area contributed by atoms with Crippen molar-refractivity contribution in [3.63, 3.8) is 0 Å². The highest BCUT2D eigenvalue weighted by molar-refractivity contribution is 6.09. The predicted molar refractivity (Wildman–Crippen MR) is 115 cm³/mol. The van der Waals surface area contributed by atoms with Crippen molar-refractivity contribution in [3.05, 3.63) is 78.4 Å². The van der Waals surface area contributed by atoms with E-state index in [0.29, 0.717) is 23.7 Å². The zero-order chi connectivity index (χ0) is 20.6. The number of hydrogen-bond donors (Lipinski definition) is 1. The third-order valence-corrected chi connectivity index (χ3v) is 5.85. The van der Waals surface area contributed by atoms with Gasteiger partial charge < -0.3 is 14.6 Å². The van der Waals surface area contributed by atoms with Crippen molar-refractivity contribution < 1.29 is 19.4 Å². The van der Waals surface area contributed by atoms with Crippen LogP contribution in [0.1, 0.15) is 29.6 Å². The first-order valence-electron chi connectivity index (χ1n) is 10.2. The number of nitrogens with zero attached hydrogens (tertiary/aromatic N) is 1. The summed E-state index contributed by atoms with van der Waals surface area (Å²) in [6.07, 6.45) is 2.62. The molecule has 5 heteroatoms. The van der Waals surface area contributed by atoms with E-state index >= 15 is 0 Å². The maximum atomic E-state index is 13.0. The van der Waals surface area contributed by atoms with Crippen LogP contribution in [-0.2, 0) is 0 Å². The molecule has 0 radical (unpaired) electrons. The maximum Gasteiger partial charge on any atom is 0.264 e. The fraction of sp³-hybridized carbons (Fsp3) is 0.240. The van der Waals surface area contributed by atoms with Crippen molar-refractivity contribution in [1.82, 2.24) is 0 Å². The Morgan fingerprint density at radius 2 is 1.73 bits per heavy atom. The predicted octanol–water partition coefficient (Wildman–Crippen LogP) is 4.64. The number of benzene rings is 3. The zero-order valence-corrected chi connectivity index (χ0v) is 16.6. The second kappa shape index (κ2) is 7.50. The molecule has 2 aliphatic rings. The zero-order valence-electron chi connectivity index (χ0n) is 16.6. The maximum absolute atomic E-state index is 13.0. The molecule has 5 nitrogen and oxygen atoms in total. The molecule has 1 amide bonds. The summed E-state index contributed by atoms with van der Waals surface area (Å²) in [5.41, 5.74) is 2.71. The minimum Gasteiger partial charge on any atom is -0.491 e. The van der Waals surface area contributed by atoms with Crippen molar-refractivity contribution in [1.29, 1.82) is 0 Å². The van der Waals surface area contributed by atoms with Crippen LogP contribution in [0.25, 0.3) is 11.1 Å². The summed E-state index contributed by atoms with van der Waals surface area (Å²) in [6, 6.07) is 23.0. The summed E-state index contributed by atoms with van der Waals surface area (Å²) < 4.78 is 11.6. The third kappa shape index (κ3) is 3.53. The fourth-order valence-corrected chi connectivity index (χ4v) is 3.83. The van der Waals surface area contributed by atoms with Crippen LogP contribution in [0.5, 0.6) is 11.5 Å². The molecule has 1 fully saturated rings. The van der Waals surface area contributed by atoms with E-state index < -0.39 is 5.60 Å². The number of hydrogen-bond acceptors (Lipinski definition) is 4. The van der Waals surface area contributed by atoms with Gasteiger partial charge in [0.1, 0.15) is 18.1 Å². The lowest BCUT2D eigenvalue weighted by Gasteiger charge is -2.36. The lowest BCUT2D eigenvalue weighted by atomic mass is 9.81. The monoisotopic (exact) mass is 401 g/mol. The van der Waals surface area contributed by atoms with Gasteiger partial charge in [-0.2, -0.15) is 0 Å². The van der Waals surface area contributed by atoms with E-state index in [0.717, 1.165) is 36.1 Å². The molecule has 3 aromatic carbocycles. The van der Waals surface area contributed by atoms with Crippen molar-refractivity contribution in [2.24, 2.45) is 0 Å². The Morgan fingerprint density at radius 1 is 0.967 bits per heavy atom. The Balaban J connectivity index is 1.31. The van der Waals surface area contributed by atoms with Gasteiger partial charge in [-0.15, -0.1) is 0 Å². The SMILES string of the molecule is O=C1c2ccc(-c3ccccc3)cc2OCN1c1ccc(OCC2(O)CCC2)cc1. The molecule has 1 heterocycles.